The van der Waals surface area contributed by atoms with Crippen molar-refractivity contribution in [2.45, 2.75) is 139 Å². The van der Waals surface area contributed by atoms with Crippen molar-refractivity contribution in [2.24, 2.45) is 22.7 Å². The van der Waals surface area contributed by atoms with E-state index in [1.807, 2.05) is 27.7 Å². The maximum Gasteiger partial charge on any atom is 0.187 e. The Morgan fingerprint density at radius 3 is 2.26 bits per heavy atom. The summed E-state index contributed by atoms with van der Waals surface area (Å²) in [6.07, 6.45) is 1.75. The zero-order valence-electron chi connectivity index (χ0n) is 24.2. The zero-order chi connectivity index (χ0) is 29.0. The minimum atomic E-state index is -1.80. The third-order valence-electron chi connectivity index (χ3n) is 11.8. The standard InChI is InChI=1S/C30H48O9/c1-24(2)38-23(9-10-25(3,35)16-31)28(6,39-24)21-8-12-29(36)18-13-22(34)30(37)15-20(33)19(32)14-27(30,5)17(18)7-11-26(21,29)4/h13,17,19-21,23,31-33,35-37H,7-12,14-16H2,1-6H3. The second kappa shape index (κ2) is 8.80. The van der Waals surface area contributed by atoms with Crippen molar-refractivity contribution in [1.29, 1.82) is 0 Å². The molecule has 6 N–H and O–H groups in total. The Labute approximate surface area is 231 Å². The van der Waals surface area contributed by atoms with Crippen molar-refractivity contribution in [3.8, 4) is 0 Å². The summed E-state index contributed by atoms with van der Waals surface area (Å²) in [5.74, 6) is -1.84. The van der Waals surface area contributed by atoms with Gasteiger partial charge in [-0.25, -0.2) is 0 Å². The highest BCUT2D eigenvalue weighted by Crippen LogP contribution is 2.70. The Hall–Kier alpha value is -0.910. The second-order valence-corrected chi connectivity index (χ2v) is 14.7. The van der Waals surface area contributed by atoms with Crippen molar-refractivity contribution in [3.63, 3.8) is 0 Å². The normalized spacial score (nSPS) is 52.5. The number of carbonyl (C=O) groups excluding carboxylic acids is 1. The molecule has 9 nitrogen and oxygen atoms in total. The van der Waals surface area contributed by atoms with Crippen LogP contribution in [0.2, 0.25) is 0 Å². The summed E-state index contributed by atoms with van der Waals surface area (Å²) in [6.45, 7) is 10.9. The van der Waals surface area contributed by atoms with E-state index >= 15 is 0 Å². The van der Waals surface area contributed by atoms with Crippen LogP contribution in [0.5, 0.6) is 0 Å². The van der Waals surface area contributed by atoms with Crippen LogP contribution in [0, 0.1) is 22.7 Å². The SMILES string of the molecule is CC(O)(CO)CCC1OC(C)(C)OC1(C)C1CCC2(O)C3=CC(=O)C4(O)CC(O)C(O)CC4(C)C3CCC12C. The number of ketones is 1. The summed E-state index contributed by atoms with van der Waals surface area (Å²) >= 11 is 0. The lowest BCUT2D eigenvalue weighted by Gasteiger charge is -2.62. The predicted octanol–water partition coefficient (Wildman–Crippen LogP) is 1.74. The van der Waals surface area contributed by atoms with Crippen molar-refractivity contribution in [1.82, 2.24) is 0 Å². The molecule has 5 rings (SSSR count). The van der Waals surface area contributed by atoms with Crippen LogP contribution < -0.4 is 0 Å². The highest BCUT2D eigenvalue weighted by molar-refractivity contribution is 6.00. The van der Waals surface area contributed by atoms with E-state index in [2.05, 4.69) is 6.92 Å². The van der Waals surface area contributed by atoms with E-state index in [0.717, 1.165) is 0 Å². The van der Waals surface area contributed by atoms with Crippen LogP contribution in [-0.4, -0.2) is 89.5 Å². The molecule has 4 fully saturated rings. The molecule has 0 aromatic carbocycles. The lowest BCUT2D eigenvalue weighted by molar-refractivity contribution is -0.213. The van der Waals surface area contributed by atoms with Crippen molar-refractivity contribution < 1.29 is 44.9 Å². The van der Waals surface area contributed by atoms with E-state index in [1.54, 1.807) is 6.92 Å². The average Bonchev–Trinajstić information content (AvgIpc) is 3.25. The molecule has 0 aromatic rings. The van der Waals surface area contributed by atoms with Gasteiger partial charge < -0.3 is 40.1 Å². The van der Waals surface area contributed by atoms with Gasteiger partial charge in [0.25, 0.3) is 0 Å². The second-order valence-electron chi connectivity index (χ2n) is 14.7. The summed E-state index contributed by atoms with van der Waals surface area (Å²) in [5, 5.41) is 65.2. The number of fused-ring (bicyclic) bond motifs is 5. The van der Waals surface area contributed by atoms with Crippen molar-refractivity contribution in [2.75, 3.05) is 6.61 Å². The molecule has 1 aliphatic heterocycles. The molecule has 1 heterocycles. The van der Waals surface area contributed by atoms with E-state index in [4.69, 9.17) is 9.47 Å². The third-order valence-corrected chi connectivity index (χ3v) is 11.8. The van der Waals surface area contributed by atoms with Crippen molar-refractivity contribution in [3.05, 3.63) is 11.6 Å². The quantitative estimate of drug-likeness (QED) is 0.299. The number of carbonyl (C=O) groups is 1. The highest BCUT2D eigenvalue weighted by Gasteiger charge is 2.73. The van der Waals surface area contributed by atoms with Crippen LogP contribution in [-0.2, 0) is 14.3 Å². The summed E-state index contributed by atoms with van der Waals surface area (Å²) in [5.41, 5.74) is -6.20. The Balaban J connectivity index is 1.52. The molecule has 0 spiro atoms. The first-order valence-corrected chi connectivity index (χ1v) is 14.6. The van der Waals surface area contributed by atoms with Gasteiger partial charge in [-0.05, 0) is 96.1 Å². The van der Waals surface area contributed by atoms with Gasteiger partial charge in [0.2, 0.25) is 0 Å². The van der Waals surface area contributed by atoms with Crippen LogP contribution in [0.25, 0.3) is 0 Å². The van der Waals surface area contributed by atoms with Crippen molar-refractivity contribution >= 4 is 5.78 Å². The van der Waals surface area contributed by atoms with Crippen LogP contribution >= 0.6 is 0 Å². The molecule has 11 unspecified atom stereocenters. The van der Waals surface area contributed by atoms with E-state index in [0.29, 0.717) is 44.1 Å². The monoisotopic (exact) mass is 552 g/mol. The van der Waals surface area contributed by atoms with Gasteiger partial charge in [0.15, 0.2) is 11.6 Å². The summed E-state index contributed by atoms with van der Waals surface area (Å²) in [6, 6.07) is 0. The summed E-state index contributed by atoms with van der Waals surface area (Å²) in [4.78, 5) is 13.5. The molecule has 0 bridgehead atoms. The maximum absolute atomic E-state index is 13.5. The molecule has 4 aliphatic carbocycles. The fraction of sp³-hybridized carbons (Fsp3) is 0.900. The van der Waals surface area contributed by atoms with Gasteiger partial charge in [-0.3, -0.25) is 4.79 Å². The molecule has 0 amide bonds. The molecule has 0 radical (unpaired) electrons. The van der Waals surface area contributed by atoms with Gasteiger partial charge in [0.05, 0.1) is 41.7 Å². The number of aliphatic hydroxyl groups is 6. The zero-order valence-corrected chi connectivity index (χ0v) is 24.2. The maximum atomic E-state index is 13.5. The van der Waals surface area contributed by atoms with Crippen LogP contribution in [0.1, 0.15) is 92.9 Å². The lowest BCUT2D eigenvalue weighted by atomic mass is 9.44. The smallest absolute Gasteiger partial charge is 0.187 e. The first kappa shape index (κ1) is 29.6. The molecule has 1 saturated heterocycles. The third kappa shape index (κ3) is 3.98. The average molecular weight is 553 g/mol. The molecule has 3 saturated carbocycles. The van der Waals surface area contributed by atoms with Gasteiger partial charge in [-0.2, -0.15) is 0 Å². The molecule has 0 aromatic heterocycles. The predicted molar refractivity (Wildman–Crippen MR) is 141 cm³/mol. The molecular weight excluding hydrogens is 504 g/mol. The lowest BCUT2D eigenvalue weighted by Crippen LogP contribution is -2.69. The molecule has 39 heavy (non-hydrogen) atoms. The highest BCUT2D eigenvalue weighted by atomic mass is 16.8. The first-order valence-electron chi connectivity index (χ1n) is 14.6. The topological polar surface area (TPSA) is 157 Å². The van der Waals surface area contributed by atoms with Crippen LogP contribution in [0.4, 0.5) is 0 Å². The minimum absolute atomic E-state index is 0.0738. The van der Waals surface area contributed by atoms with E-state index in [9.17, 15) is 35.4 Å². The van der Waals surface area contributed by atoms with E-state index < -0.39 is 57.0 Å². The minimum Gasteiger partial charge on any atom is -0.393 e. The first-order chi connectivity index (χ1) is 17.8. The summed E-state index contributed by atoms with van der Waals surface area (Å²) < 4.78 is 13.0. The van der Waals surface area contributed by atoms with E-state index in [-0.39, 0.29) is 37.4 Å². The van der Waals surface area contributed by atoms with Gasteiger partial charge in [-0.15, -0.1) is 0 Å². The Morgan fingerprint density at radius 1 is 0.974 bits per heavy atom. The number of hydrogen-bond acceptors (Lipinski definition) is 9. The Morgan fingerprint density at radius 2 is 1.62 bits per heavy atom. The largest absolute Gasteiger partial charge is 0.393 e. The molecule has 11 atom stereocenters. The Kier molecular flexibility index (Phi) is 6.67. The van der Waals surface area contributed by atoms with E-state index in [1.165, 1.54) is 6.08 Å². The van der Waals surface area contributed by atoms with Gasteiger partial charge in [-0.1, -0.05) is 13.8 Å². The molecule has 222 valence electrons. The van der Waals surface area contributed by atoms with Gasteiger partial charge >= 0.3 is 0 Å². The number of hydrogen-bond donors (Lipinski definition) is 6. The summed E-state index contributed by atoms with van der Waals surface area (Å²) in [7, 11) is 0. The molecule has 9 heteroatoms. The van der Waals surface area contributed by atoms with Crippen LogP contribution in [0.15, 0.2) is 11.6 Å². The molecule has 5 aliphatic rings. The fourth-order valence-electron chi connectivity index (χ4n) is 9.51. The number of ether oxygens (including phenoxy) is 2. The van der Waals surface area contributed by atoms with Gasteiger partial charge in [0.1, 0.15) is 5.60 Å². The molecular formula is C30H48O9. The van der Waals surface area contributed by atoms with Crippen LogP contribution in [0.3, 0.4) is 0 Å². The Bertz CT molecular complexity index is 1060. The fourth-order valence-corrected chi connectivity index (χ4v) is 9.51. The number of aliphatic hydroxyl groups excluding tert-OH is 3. The van der Waals surface area contributed by atoms with Gasteiger partial charge in [0, 0.05) is 17.3 Å². The number of rotatable bonds is 5.